The van der Waals surface area contributed by atoms with Crippen molar-refractivity contribution < 1.29 is 8.42 Å². The standard InChI is InChI=1S/C15H13N3O2S/c1-11-7-8-14(17-10-11)18-21(19,20)13-6-2-4-12-5-3-9-16-15(12)13/h2-10H,1H3,(H,17,18). The van der Waals surface area contributed by atoms with Gasteiger partial charge in [0, 0.05) is 17.8 Å². The Hall–Kier alpha value is -2.47. The number of para-hydroxylation sites is 1. The summed E-state index contributed by atoms with van der Waals surface area (Å²) in [6, 6.07) is 12.1. The van der Waals surface area contributed by atoms with Crippen LogP contribution >= 0.6 is 0 Å². The van der Waals surface area contributed by atoms with Crippen LogP contribution in [0.1, 0.15) is 5.56 Å². The van der Waals surface area contributed by atoms with E-state index in [1.165, 1.54) is 6.07 Å². The Labute approximate surface area is 122 Å². The maximum absolute atomic E-state index is 12.5. The summed E-state index contributed by atoms with van der Waals surface area (Å²) in [6.07, 6.45) is 3.19. The first-order chi connectivity index (χ1) is 10.1. The third-order valence-corrected chi connectivity index (χ3v) is 4.42. The van der Waals surface area contributed by atoms with Crippen LogP contribution in [0, 0.1) is 6.92 Å². The van der Waals surface area contributed by atoms with Crippen LogP contribution < -0.4 is 4.72 Å². The lowest BCUT2D eigenvalue weighted by Crippen LogP contribution is -2.14. The zero-order chi connectivity index (χ0) is 14.9. The van der Waals surface area contributed by atoms with Gasteiger partial charge < -0.3 is 0 Å². The molecule has 0 aliphatic carbocycles. The Morgan fingerprint density at radius 3 is 2.57 bits per heavy atom. The van der Waals surface area contributed by atoms with Crippen molar-refractivity contribution in [1.29, 1.82) is 0 Å². The molecule has 106 valence electrons. The second kappa shape index (κ2) is 5.14. The zero-order valence-corrected chi connectivity index (χ0v) is 12.1. The predicted molar refractivity (Wildman–Crippen MR) is 81.5 cm³/mol. The van der Waals surface area contributed by atoms with Gasteiger partial charge in [0.2, 0.25) is 0 Å². The molecule has 0 atom stereocenters. The minimum atomic E-state index is -3.73. The summed E-state index contributed by atoms with van der Waals surface area (Å²) in [5.74, 6) is 0.286. The van der Waals surface area contributed by atoms with Crippen molar-refractivity contribution in [2.45, 2.75) is 11.8 Å². The average Bonchev–Trinajstić information content (AvgIpc) is 2.49. The molecule has 0 spiro atoms. The van der Waals surface area contributed by atoms with Gasteiger partial charge in [-0.3, -0.25) is 9.71 Å². The van der Waals surface area contributed by atoms with Crippen LogP contribution in [0.3, 0.4) is 0 Å². The lowest BCUT2D eigenvalue weighted by molar-refractivity contribution is 0.601. The molecule has 5 nitrogen and oxygen atoms in total. The van der Waals surface area contributed by atoms with Crippen molar-refractivity contribution in [3.63, 3.8) is 0 Å². The Morgan fingerprint density at radius 2 is 1.81 bits per heavy atom. The molecule has 3 aromatic rings. The number of nitrogens with zero attached hydrogens (tertiary/aromatic N) is 2. The molecule has 1 N–H and O–H groups in total. The van der Waals surface area contributed by atoms with Crippen LogP contribution in [-0.4, -0.2) is 18.4 Å². The minimum Gasteiger partial charge on any atom is -0.263 e. The second-order valence-electron chi connectivity index (χ2n) is 4.66. The van der Waals surface area contributed by atoms with Gasteiger partial charge in [-0.1, -0.05) is 24.3 Å². The third-order valence-electron chi connectivity index (χ3n) is 3.04. The van der Waals surface area contributed by atoms with Gasteiger partial charge in [0.05, 0.1) is 5.52 Å². The monoisotopic (exact) mass is 299 g/mol. The molecule has 6 heteroatoms. The van der Waals surface area contributed by atoms with Gasteiger partial charge >= 0.3 is 0 Å². The number of hydrogen-bond donors (Lipinski definition) is 1. The van der Waals surface area contributed by atoms with E-state index in [1.807, 2.05) is 19.1 Å². The molecule has 0 saturated carbocycles. The lowest BCUT2D eigenvalue weighted by atomic mass is 10.2. The van der Waals surface area contributed by atoms with Crippen molar-refractivity contribution in [2.75, 3.05) is 4.72 Å². The maximum Gasteiger partial charge on any atom is 0.265 e. The first kappa shape index (κ1) is 13.5. The number of sulfonamides is 1. The highest BCUT2D eigenvalue weighted by atomic mass is 32.2. The number of fused-ring (bicyclic) bond motifs is 1. The molecule has 0 fully saturated rings. The number of rotatable bonds is 3. The molecule has 0 saturated heterocycles. The first-order valence-corrected chi connectivity index (χ1v) is 7.84. The number of nitrogens with one attached hydrogen (secondary N) is 1. The van der Waals surface area contributed by atoms with E-state index in [1.54, 1.807) is 36.7 Å². The highest BCUT2D eigenvalue weighted by Crippen LogP contribution is 2.22. The van der Waals surface area contributed by atoms with E-state index >= 15 is 0 Å². The van der Waals surface area contributed by atoms with Crippen molar-refractivity contribution in [3.8, 4) is 0 Å². The minimum absolute atomic E-state index is 0.142. The summed E-state index contributed by atoms with van der Waals surface area (Å²) in [5.41, 5.74) is 1.41. The van der Waals surface area contributed by atoms with Gasteiger partial charge in [-0.2, -0.15) is 0 Å². The maximum atomic E-state index is 12.5. The molecule has 0 unspecified atom stereocenters. The fourth-order valence-corrected chi connectivity index (χ4v) is 3.20. The van der Waals surface area contributed by atoms with E-state index in [4.69, 9.17) is 0 Å². The van der Waals surface area contributed by atoms with Crippen LogP contribution in [-0.2, 0) is 10.0 Å². The second-order valence-corrected chi connectivity index (χ2v) is 6.31. The summed E-state index contributed by atoms with van der Waals surface area (Å²) in [4.78, 5) is 8.36. The smallest absolute Gasteiger partial charge is 0.263 e. The number of pyridine rings is 2. The van der Waals surface area contributed by atoms with Gasteiger partial charge in [-0.15, -0.1) is 0 Å². The van der Waals surface area contributed by atoms with Crippen LogP contribution in [0.15, 0.2) is 59.8 Å². The van der Waals surface area contributed by atoms with Crippen LogP contribution in [0.25, 0.3) is 10.9 Å². The number of hydrogen-bond acceptors (Lipinski definition) is 4. The van der Waals surface area contributed by atoms with E-state index in [0.717, 1.165) is 10.9 Å². The van der Waals surface area contributed by atoms with E-state index < -0.39 is 10.0 Å². The van der Waals surface area contributed by atoms with Gasteiger partial charge in [-0.05, 0) is 30.7 Å². The van der Waals surface area contributed by atoms with E-state index in [0.29, 0.717) is 5.52 Å². The van der Waals surface area contributed by atoms with Crippen molar-refractivity contribution in [1.82, 2.24) is 9.97 Å². The van der Waals surface area contributed by atoms with E-state index in [9.17, 15) is 8.42 Å². The fraction of sp³-hybridized carbons (Fsp3) is 0.0667. The summed E-state index contributed by atoms with van der Waals surface area (Å²) in [6.45, 7) is 1.89. The Kier molecular flexibility index (Phi) is 3.31. The molecule has 2 aromatic heterocycles. The molecular weight excluding hydrogens is 286 g/mol. The average molecular weight is 299 g/mol. The molecule has 0 bridgehead atoms. The molecular formula is C15H13N3O2S. The van der Waals surface area contributed by atoms with Gasteiger partial charge in [0.25, 0.3) is 10.0 Å². The first-order valence-electron chi connectivity index (χ1n) is 6.35. The van der Waals surface area contributed by atoms with Gasteiger partial charge in [0.1, 0.15) is 10.7 Å². The molecule has 0 aliphatic heterocycles. The predicted octanol–water partition coefficient (Wildman–Crippen LogP) is 2.74. The third kappa shape index (κ3) is 2.71. The highest BCUT2D eigenvalue weighted by Gasteiger charge is 2.18. The SMILES string of the molecule is Cc1ccc(NS(=O)(=O)c2cccc3cccnc23)nc1. The van der Waals surface area contributed by atoms with Crippen LogP contribution in [0.5, 0.6) is 0 Å². The molecule has 3 rings (SSSR count). The van der Waals surface area contributed by atoms with E-state index in [-0.39, 0.29) is 10.7 Å². The summed E-state index contributed by atoms with van der Waals surface area (Å²) in [5, 5.41) is 0.775. The summed E-state index contributed by atoms with van der Waals surface area (Å²) < 4.78 is 27.5. The zero-order valence-electron chi connectivity index (χ0n) is 11.3. The Balaban J connectivity index is 2.06. The van der Waals surface area contributed by atoms with Crippen molar-refractivity contribution in [3.05, 3.63) is 60.4 Å². The topological polar surface area (TPSA) is 72.0 Å². The molecule has 0 radical (unpaired) electrons. The normalized spacial score (nSPS) is 11.5. The van der Waals surface area contributed by atoms with Crippen molar-refractivity contribution >= 4 is 26.7 Å². The number of anilines is 1. The number of aryl methyl sites for hydroxylation is 1. The summed E-state index contributed by atoms with van der Waals surface area (Å²) >= 11 is 0. The lowest BCUT2D eigenvalue weighted by Gasteiger charge is -2.09. The van der Waals surface area contributed by atoms with Gasteiger partial charge in [-0.25, -0.2) is 13.4 Å². The molecule has 2 heterocycles. The highest BCUT2D eigenvalue weighted by molar-refractivity contribution is 7.93. The van der Waals surface area contributed by atoms with Crippen LogP contribution in [0.2, 0.25) is 0 Å². The molecule has 0 amide bonds. The Bertz CT molecular complexity index is 885. The number of aromatic nitrogens is 2. The largest absolute Gasteiger partial charge is 0.265 e. The molecule has 1 aromatic carbocycles. The fourth-order valence-electron chi connectivity index (χ4n) is 2.01. The van der Waals surface area contributed by atoms with E-state index in [2.05, 4.69) is 14.7 Å². The van der Waals surface area contributed by atoms with Crippen LogP contribution in [0.4, 0.5) is 5.82 Å². The quantitative estimate of drug-likeness (QED) is 0.807. The Morgan fingerprint density at radius 1 is 1.00 bits per heavy atom. The number of benzene rings is 1. The summed E-state index contributed by atoms with van der Waals surface area (Å²) in [7, 11) is -3.73. The van der Waals surface area contributed by atoms with Gasteiger partial charge in [0.15, 0.2) is 0 Å². The van der Waals surface area contributed by atoms with Crippen molar-refractivity contribution in [2.24, 2.45) is 0 Å². The molecule has 0 aliphatic rings. The molecule has 21 heavy (non-hydrogen) atoms.